The molecule has 2 aromatic heterocycles. The fraction of sp³-hybridized carbons (Fsp3) is 0.278. The second-order valence-corrected chi connectivity index (χ2v) is 12.7. The summed E-state index contributed by atoms with van der Waals surface area (Å²) in [5, 5.41) is 23.4. The third kappa shape index (κ3) is 8.39. The Labute approximate surface area is 296 Å². The smallest absolute Gasteiger partial charge is 0.423 e. The summed E-state index contributed by atoms with van der Waals surface area (Å²) in [7, 11) is 1.53. The molecular weight excluding hydrogens is 683 g/mol. The first-order chi connectivity index (χ1) is 24.4. The van der Waals surface area contributed by atoms with Gasteiger partial charge in [0.2, 0.25) is 0 Å². The zero-order valence-corrected chi connectivity index (χ0v) is 29.1. The number of nitro benzene ring substituents is 1. The van der Waals surface area contributed by atoms with Crippen LogP contribution >= 0.6 is 0 Å². The molecule has 3 heterocycles. The van der Waals surface area contributed by atoms with Gasteiger partial charge in [0.15, 0.2) is 17.3 Å². The minimum absolute atomic E-state index is 0.172. The number of alkyl halides is 3. The quantitative estimate of drug-likeness (QED) is 0.0668. The van der Waals surface area contributed by atoms with Gasteiger partial charge in [0.05, 0.1) is 35.1 Å². The van der Waals surface area contributed by atoms with Crippen molar-refractivity contribution in [1.82, 2.24) is 19.9 Å². The SMILES string of the molecule is C=CCc1ccc(O)c(OC)c1.CC(C)Cn1cnc2c(N)nc3ccccc3c21.CC1(C)NC(=O)N(c2ccc([N+](=O)[O-])c(C(F)(F)F)c2)C1=O. The highest BCUT2D eigenvalue weighted by atomic mass is 19.4. The van der Waals surface area contributed by atoms with E-state index in [1.165, 1.54) is 21.0 Å². The number of para-hydroxylation sites is 1. The number of halogens is 3. The molecule has 0 saturated carbocycles. The summed E-state index contributed by atoms with van der Waals surface area (Å²) in [4.78, 5) is 42.6. The number of anilines is 2. The van der Waals surface area contributed by atoms with E-state index in [9.17, 15) is 38.0 Å². The highest BCUT2D eigenvalue weighted by Crippen LogP contribution is 2.39. The van der Waals surface area contributed by atoms with E-state index in [-0.39, 0.29) is 11.4 Å². The predicted molar refractivity (Wildman–Crippen MR) is 191 cm³/mol. The number of carbonyl (C=O) groups is 2. The van der Waals surface area contributed by atoms with Crippen molar-refractivity contribution in [2.45, 2.75) is 52.4 Å². The Bertz CT molecular complexity index is 2150. The number of methoxy groups -OCH3 is 1. The van der Waals surface area contributed by atoms with Crippen LogP contribution in [-0.2, 0) is 23.9 Å². The topological polar surface area (TPSA) is 179 Å². The molecule has 5 aromatic rings. The number of fused-ring (bicyclic) bond motifs is 3. The van der Waals surface area contributed by atoms with Crippen LogP contribution in [0.1, 0.15) is 38.8 Å². The molecule has 52 heavy (non-hydrogen) atoms. The second kappa shape index (κ2) is 15.4. The van der Waals surface area contributed by atoms with Gasteiger partial charge in [-0.25, -0.2) is 19.7 Å². The number of nitrogens with two attached hydrogens (primary N) is 1. The molecule has 4 N–H and O–H groups in total. The molecule has 1 fully saturated rings. The number of nitro groups is 1. The molecule has 0 spiro atoms. The Morgan fingerprint density at radius 3 is 2.40 bits per heavy atom. The van der Waals surface area contributed by atoms with Crippen LogP contribution in [0.5, 0.6) is 11.5 Å². The second-order valence-electron chi connectivity index (χ2n) is 12.7. The molecule has 13 nitrogen and oxygen atoms in total. The first kappa shape index (κ1) is 38.6. The van der Waals surface area contributed by atoms with Crippen molar-refractivity contribution in [2.24, 2.45) is 5.92 Å². The molecule has 0 bridgehead atoms. The number of carbonyl (C=O) groups excluding carboxylic acids is 2. The fourth-order valence-electron chi connectivity index (χ4n) is 5.39. The van der Waals surface area contributed by atoms with E-state index in [0.29, 0.717) is 34.5 Å². The average molecular weight is 722 g/mol. The number of pyridine rings is 1. The number of imide groups is 1. The zero-order chi connectivity index (χ0) is 38.5. The first-order valence-electron chi connectivity index (χ1n) is 15.9. The minimum atomic E-state index is -4.99. The monoisotopic (exact) mass is 721 g/mol. The van der Waals surface area contributed by atoms with Crippen LogP contribution in [0.25, 0.3) is 21.9 Å². The van der Waals surface area contributed by atoms with E-state index in [2.05, 4.69) is 46.3 Å². The van der Waals surface area contributed by atoms with Gasteiger partial charge in [-0.15, -0.1) is 6.58 Å². The molecule has 274 valence electrons. The van der Waals surface area contributed by atoms with Gasteiger partial charge in [-0.05, 0) is 62.1 Å². The lowest BCUT2D eigenvalue weighted by atomic mass is 10.1. The maximum absolute atomic E-state index is 12.9. The van der Waals surface area contributed by atoms with Gasteiger partial charge >= 0.3 is 12.2 Å². The van der Waals surface area contributed by atoms with E-state index < -0.39 is 39.8 Å². The van der Waals surface area contributed by atoms with Gasteiger partial charge in [0, 0.05) is 18.0 Å². The molecule has 0 aliphatic carbocycles. The van der Waals surface area contributed by atoms with Gasteiger partial charge in [0.25, 0.3) is 11.6 Å². The molecule has 3 amide bonds. The third-order valence-corrected chi connectivity index (χ3v) is 7.77. The molecule has 0 unspecified atom stereocenters. The Hall–Kier alpha value is -6.19. The van der Waals surface area contributed by atoms with Crippen LogP contribution in [0.15, 0.2) is 79.6 Å². The number of allylic oxidation sites excluding steroid dienone is 1. The Balaban J connectivity index is 0.000000182. The molecule has 0 radical (unpaired) electrons. The lowest BCUT2D eigenvalue weighted by Crippen LogP contribution is -2.40. The predicted octanol–water partition coefficient (Wildman–Crippen LogP) is 7.40. The Kier molecular flexibility index (Phi) is 11.4. The number of hydrogen-bond donors (Lipinski definition) is 3. The number of aromatic hydroxyl groups is 1. The number of nitrogens with zero attached hydrogens (tertiary/aromatic N) is 5. The number of phenolic OH excluding ortho intramolecular Hbond substituents is 1. The molecule has 1 aliphatic rings. The number of urea groups is 1. The summed E-state index contributed by atoms with van der Waals surface area (Å²) in [6, 6.07) is 14.4. The molecule has 1 saturated heterocycles. The summed E-state index contributed by atoms with van der Waals surface area (Å²) in [6.07, 6.45) is -0.537. The number of ether oxygens (including phenoxy) is 1. The largest absolute Gasteiger partial charge is 0.504 e. The van der Waals surface area contributed by atoms with Crippen molar-refractivity contribution in [1.29, 1.82) is 0 Å². The van der Waals surface area contributed by atoms with Gasteiger partial charge in [-0.1, -0.05) is 44.2 Å². The number of nitrogen functional groups attached to an aromatic ring is 1. The van der Waals surface area contributed by atoms with E-state index in [0.717, 1.165) is 46.5 Å². The van der Waals surface area contributed by atoms with Crippen molar-refractivity contribution in [2.75, 3.05) is 17.7 Å². The maximum atomic E-state index is 12.9. The van der Waals surface area contributed by atoms with Gasteiger partial charge < -0.3 is 25.5 Å². The number of phenols is 1. The minimum Gasteiger partial charge on any atom is -0.504 e. The molecular formula is C36H38F3N7O6. The van der Waals surface area contributed by atoms with Crippen LogP contribution in [-0.4, -0.2) is 49.2 Å². The Morgan fingerprint density at radius 2 is 1.83 bits per heavy atom. The molecule has 6 rings (SSSR count). The highest BCUT2D eigenvalue weighted by molar-refractivity contribution is 6.23. The molecule has 0 atom stereocenters. The van der Waals surface area contributed by atoms with E-state index >= 15 is 0 Å². The lowest BCUT2D eigenvalue weighted by Gasteiger charge is -2.17. The molecule has 16 heteroatoms. The van der Waals surface area contributed by atoms with E-state index in [4.69, 9.17) is 10.5 Å². The van der Waals surface area contributed by atoms with Crippen LogP contribution in [0.4, 0.5) is 35.2 Å². The number of rotatable bonds is 7. The fourth-order valence-corrected chi connectivity index (χ4v) is 5.39. The van der Waals surface area contributed by atoms with Gasteiger partial charge in [0.1, 0.15) is 16.6 Å². The summed E-state index contributed by atoms with van der Waals surface area (Å²) < 4.78 is 45.9. The number of aromatic nitrogens is 3. The number of benzene rings is 3. The average Bonchev–Trinajstić information content (AvgIpc) is 3.58. The summed E-state index contributed by atoms with van der Waals surface area (Å²) >= 11 is 0. The van der Waals surface area contributed by atoms with Crippen molar-refractivity contribution in [3.63, 3.8) is 0 Å². The van der Waals surface area contributed by atoms with Crippen LogP contribution in [0, 0.1) is 16.0 Å². The summed E-state index contributed by atoms with van der Waals surface area (Å²) in [5.41, 5.74) is 5.55. The van der Waals surface area contributed by atoms with Crippen molar-refractivity contribution in [3.05, 3.63) is 101 Å². The number of imidazole rings is 1. The van der Waals surface area contributed by atoms with E-state index in [1.807, 2.05) is 36.7 Å². The van der Waals surface area contributed by atoms with Crippen molar-refractivity contribution >= 4 is 51.1 Å². The van der Waals surface area contributed by atoms with Crippen LogP contribution in [0.2, 0.25) is 0 Å². The normalized spacial score (nSPS) is 13.7. The summed E-state index contributed by atoms with van der Waals surface area (Å²) in [6.45, 7) is 11.7. The van der Waals surface area contributed by atoms with Crippen molar-refractivity contribution < 1.29 is 37.5 Å². The number of hydrogen-bond acceptors (Lipinski definition) is 9. The Morgan fingerprint density at radius 1 is 1.13 bits per heavy atom. The standard InChI is InChI=1S/C14H16N4.C12H10F3N3O4.C10H12O2/c1-9(2)7-18-8-16-12-13(18)10-5-3-4-6-11(10)17-14(12)15;1-11(2)9(19)17(10(20)16-11)6-3-4-8(18(21)22)7(5-6)12(13,14)15;1-3-4-8-5-6-9(11)10(7-8)12-2/h3-6,8-9H,7H2,1-2H3,(H2,15,17);3-5H,1-2H3,(H,16,20);3,5-7,11H,1,4H2,2H3. The number of nitrogens with one attached hydrogen (secondary N) is 1. The van der Waals surface area contributed by atoms with E-state index in [1.54, 1.807) is 12.1 Å². The van der Waals surface area contributed by atoms with Gasteiger partial charge in [-0.2, -0.15) is 13.2 Å². The summed E-state index contributed by atoms with van der Waals surface area (Å²) in [5.74, 6) is 1.00. The maximum Gasteiger partial charge on any atom is 0.423 e. The highest BCUT2D eigenvalue weighted by Gasteiger charge is 2.46. The van der Waals surface area contributed by atoms with Crippen molar-refractivity contribution in [3.8, 4) is 11.5 Å². The molecule has 1 aliphatic heterocycles. The lowest BCUT2D eigenvalue weighted by molar-refractivity contribution is -0.388. The molecule has 3 aromatic carbocycles. The van der Waals surface area contributed by atoms with Gasteiger partial charge in [-0.3, -0.25) is 14.9 Å². The third-order valence-electron chi connectivity index (χ3n) is 7.77. The number of amides is 3. The first-order valence-corrected chi connectivity index (χ1v) is 15.9. The van der Waals surface area contributed by atoms with Crippen LogP contribution in [0.3, 0.4) is 0 Å². The zero-order valence-electron chi connectivity index (χ0n) is 29.1. The van der Waals surface area contributed by atoms with Crippen LogP contribution < -0.4 is 20.7 Å².